The van der Waals surface area contributed by atoms with Crippen molar-refractivity contribution >= 4 is 5.97 Å². The number of hydrogen-bond donors (Lipinski definition) is 1. The van der Waals surface area contributed by atoms with Crippen LogP contribution in [0.25, 0.3) is 11.3 Å². The lowest BCUT2D eigenvalue weighted by atomic mass is 10.1. The first kappa shape index (κ1) is 11.1. The van der Waals surface area contributed by atoms with Crippen LogP contribution < -0.4 is 4.74 Å². The molecule has 1 N–H and O–H groups in total. The molecule has 17 heavy (non-hydrogen) atoms. The van der Waals surface area contributed by atoms with Crippen LogP contribution >= 0.6 is 0 Å². The van der Waals surface area contributed by atoms with Crippen LogP contribution in [0.5, 0.6) is 5.75 Å². The number of aromatic carboxylic acids is 1. The number of pyridine rings is 1. The molecule has 0 unspecified atom stereocenters. The lowest BCUT2D eigenvalue weighted by Crippen LogP contribution is -2.02. The third kappa shape index (κ3) is 2.10. The van der Waals surface area contributed by atoms with Gasteiger partial charge in [0.25, 0.3) is 0 Å². The number of aromatic nitrogens is 1. The summed E-state index contributed by atoms with van der Waals surface area (Å²) in [5.41, 5.74) is 1.25. The number of ether oxygens (including phenoxy) is 1. The predicted octanol–water partition coefficient (Wildman–Crippen LogP) is 2.46. The molecule has 2 rings (SSSR count). The van der Waals surface area contributed by atoms with Crippen LogP contribution in [-0.4, -0.2) is 23.2 Å². The molecule has 4 nitrogen and oxygen atoms in total. The zero-order valence-electron chi connectivity index (χ0n) is 9.25. The van der Waals surface area contributed by atoms with Gasteiger partial charge in [0.05, 0.1) is 18.4 Å². The predicted molar refractivity (Wildman–Crippen MR) is 63.2 cm³/mol. The Morgan fingerprint density at radius 3 is 2.71 bits per heavy atom. The Kier molecular flexibility index (Phi) is 3.05. The minimum absolute atomic E-state index is 0.164. The lowest BCUT2D eigenvalue weighted by molar-refractivity contribution is 0.0697. The molecule has 0 atom stereocenters. The molecule has 0 radical (unpaired) electrons. The van der Waals surface area contributed by atoms with E-state index in [1.165, 1.54) is 6.07 Å². The Bertz CT molecular complexity index is 552. The Hall–Kier alpha value is -2.36. The second-order valence-corrected chi connectivity index (χ2v) is 3.41. The van der Waals surface area contributed by atoms with Crippen LogP contribution in [0, 0.1) is 0 Å². The summed E-state index contributed by atoms with van der Waals surface area (Å²) < 4.78 is 5.20. The summed E-state index contributed by atoms with van der Waals surface area (Å²) in [5.74, 6) is -0.396. The van der Waals surface area contributed by atoms with Gasteiger partial charge < -0.3 is 9.84 Å². The summed E-state index contributed by atoms with van der Waals surface area (Å²) in [7, 11) is 1.54. The van der Waals surface area contributed by atoms with Gasteiger partial charge in [-0.05, 0) is 24.3 Å². The summed E-state index contributed by atoms with van der Waals surface area (Å²) >= 11 is 0. The molecule has 0 fully saturated rings. The minimum atomic E-state index is -1.00. The molecule has 0 amide bonds. The molecule has 0 bridgehead atoms. The highest BCUT2D eigenvalue weighted by Gasteiger charge is 2.15. The van der Waals surface area contributed by atoms with Gasteiger partial charge in [-0.3, -0.25) is 4.98 Å². The first-order valence-electron chi connectivity index (χ1n) is 5.05. The van der Waals surface area contributed by atoms with Crippen molar-refractivity contribution in [3.8, 4) is 17.0 Å². The summed E-state index contributed by atoms with van der Waals surface area (Å²) in [4.78, 5) is 15.2. The van der Waals surface area contributed by atoms with Gasteiger partial charge in [0.1, 0.15) is 5.75 Å². The fourth-order valence-corrected chi connectivity index (χ4v) is 1.63. The maximum absolute atomic E-state index is 11.1. The van der Waals surface area contributed by atoms with Crippen molar-refractivity contribution in [1.82, 2.24) is 4.98 Å². The lowest BCUT2D eigenvalue weighted by Gasteiger charge is -2.09. The second-order valence-electron chi connectivity index (χ2n) is 3.41. The van der Waals surface area contributed by atoms with Crippen molar-refractivity contribution in [1.29, 1.82) is 0 Å². The number of hydrogen-bond acceptors (Lipinski definition) is 3. The van der Waals surface area contributed by atoms with E-state index in [0.29, 0.717) is 17.0 Å². The monoisotopic (exact) mass is 229 g/mol. The van der Waals surface area contributed by atoms with Crippen LogP contribution in [0.4, 0.5) is 0 Å². The second kappa shape index (κ2) is 4.65. The number of rotatable bonds is 3. The molecule has 0 saturated carbocycles. The maximum Gasteiger partial charge on any atom is 0.337 e. The van der Waals surface area contributed by atoms with Gasteiger partial charge in [-0.15, -0.1) is 0 Å². The first-order valence-corrected chi connectivity index (χ1v) is 5.05. The molecule has 86 valence electrons. The molecule has 4 heteroatoms. The normalized spacial score (nSPS) is 9.94. The highest BCUT2D eigenvalue weighted by atomic mass is 16.5. The molecule has 1 aromatic carbocycles. The van der Waals surface area contributed by atoms with Crippen LogP contribution in [0.2, 0.25) is 0 Å². The van der Waals surface area contributed by atoms with E-state index in [2.05, 4.69) is 4.98 Å². The van der Waals surface area contributed by atoms with Crippen LogP contribution in [0.15, 0.2) is 42.6 Å². The van der Waals surface area contributed by atoms with E-state index >= 15 is 0 Å². The van der Waals surface area contributed by atoms with Crippen molar-refractivity contribution in [3.63, 3.8) is 0 Å². The SMILES string of the molecule is COc1ccccc1-c1ncccc1C(=O)O. The van der Waals surface area contributed by atoms with Crippen molar-refractivity contribution in [2.75, 3.05) is 7.11 Å². The van der Waals surface area contributed by atoms with Crippen LogP contribution in [0.1, 0.15) is 10.4 Å². The Morgan fingerprint density at radius 2 is 2.00 bits per heavy atom. The highest BCUT2D eigenvalue weighted by molar-refractivity contribution is 5.95. The zero-order valence-corrected chi connectivity index (χ0v) is 9.25. The molecular formula is C13H11NO3. The number of nitrogens with zero attached hydrogens (tertiary/aromatic N) is 1. The topological polar surface area (TPSA) is 59.4 Å². The molecule has 2 aromatic rings. The zero-order chi connectivity index (χ0) is 12.3. The Balaban J connectivity index is 2.64. The average Bonchev–Trinajstić information content (AvgIpc) is 2.38. The summed E-state index contributed by atoms with van der Waals surface area (Å²) in [5, 5.41) is 9.11. The number of benzene rings is 1. The quantitative estimate of drug-likeness (QED) is 0.878. The largest absolute Gasteiger partial charge is 0.496 e. The van der Waals surface area contributed by atoms with Crippen LogP contribution in [-0.2, 0) is 0 Å². The van der Waals surface area contributed by atoms with E-state index < -0.39 is 5.97 Å². The molecular weight excluding hydrogens is 218 g/mol. The molecule has 1 aromatic heterocycles. The fraction of sp³-hybridized carbons (Fsp3) is 0.0769. The minimum Gasteiger partial charge on any atom is -0.496 e. The first-order chi connectivity index (χ1) is 8.24. The summed E-state index contributed by atoms with van der Waals surface area (Å²) in [6.45, 7) is 0. The molecule has 0 spiro atoms. The molecule has 1 heterocycles. The average molecular weight is 229 g/mol. The van der Waals surface area contributed by atoms with Gasteiger partial charge in [0.15, 0.2) is 0 Å². The number of para-hydroxylation sites is 1. The van der Waals surface area contributed by atoms with Gasteiger partial charge in [-0.1, -0.05) is 12.1 Å². The van der Waals surface area contributed by atoms with Crippen molar-refractivity contribution in [2.45, 2.75) is 0 Å². The maximum atomic E-state index is 11.1. The molecule has 0 aliphatic heterocycles. The Morgan fingerprint density at radius 1 is 1.24 bits per heavy atom. The number of carboxylic acids is 1. The standard InChI is InChI=1S/C13H11NO3/c1-17-11-7-3-2-5-9(11)12-10(13(15)16)6-4-8-14-12/h2-8H,1H3,(H,15,16). The number of methoxy groups -OCH3 is 1. The fourth-order valence-electron chi connectivity index (χ4n) is 1.63. The molecule has 0 saturated heterocycles. The van der Waals surface area contributed by atoms with Gasteiger partial charge in [-0.2, -0.15) is 0 Å². The number of carbonyl (C=O) groups is 1. The van der Waals surface area contributed by atoms with Crippen molar-refractivity contribution in [3.05, 3.63) is 48.2 Å². The van der Waals surface area contributed by atoms with E-state index in [1.807, 2.05) is 12.1 Å². The van der Waals surface area contributed by atoms with Crippen LogP contribution in [0.3, 0.4) is 0 Å². The summed E-state index contributed by atoms with van der Waals surface area (Å²) in [6, 6.07) is 10.3. The molecule has 0 aliphatic carbocycles. The molecule has 0 aliphatic rings. The third-order valence-corrected chi connectivity index (χ3v) is 2.40. The van der Waals surface area contributed by atoms with Gasteiger partial charge in [0.2, 0.25) is 0 Å². The van der Waals surface area contributed by atoms with E-state index in [9.17, 15) is 4.79 Å². The third-order valence-electron chi connectivity index (χ3n) is 2.40. The Labute approximate surface area is 98.5 Å². The van der Waals surface area contributed by atoms with Gasteiger partial charge >= 0.3 is 5.97 Å². The smallest absolute Gasteiger partial charge is 0.337 e. The van der Waals surface area contributed by atoms with Gasteiger partial charge in [0, 0.05) is 11.8 Å². The van der Waals surface area contributed by atoms with E-state index in [0.717, 1.165) is 0 Å². The number of carboxylic acid groups (broad SMARTS) is 1. The van der Waals surface area contributed by atoms with E-state index in [1.54, 1.807) is 31.5 Å². The highest BCUT2D eigenvalue weighted by Crippen LogP contribution is 2.30. The van der Waals surface area contributed by atoms with Gasteiger partial charge in [-0.25, -0.2) is 4.79 Å². The van der Waals surface area contributed by atoms with Crippen molar-refractivity contribution in [2.24, 2.45) is 0 Å². The summed E-state index contributed by atoms with van der Waals surface area (Å²) in [6.07, 6.45) is 1.56. The van der Waals surface area contributed by atoms with E-state index in [-0.39, 0.29) is 5.56 Å². The van der Waals surface area contributed by atoms with Crippen molar-refractivity contribution < 1.29 is 14.6 Å². The van der Waals surface area contributed by atoms with E-state index in [4.69, 9.17) is 9.84 Å².